The Kier molecular flexibility index (Phi) is 8.88. The number of aromatic nitrogens is 3. The van der Waals surface area contributed by atoms with Crippen molar-refractivity contribution in [2.24, 2.45) is 5.92 Å². The van der Waals surface area contributed by atoms with Crippen molar-refractivity contribution in [3.8, 4) is 5.69 Å². The first-order valence-corrected chi connectivity index (χ1v) is 14.9. The molecule has 1 unspecified atom stereocenters. The van der Waals surface area contributed by atoms with Gasteiger partial charge in [0.25, 0.3) is 0 Å². The molecule has 3 heterocycles. The van der Waals surface area contributed by atoms with Crippen LogP contribution in [0.5, 0.6) is 0 Å². The van der Waals surface area contributed by atoms with Gasteiger partial charge in [-0.3, -0.25) is 10.1 Å². The molecular formula is C33H37F3N6O3. The number of carbonyl (C=O) groups is 2. The van der Waals surface area contributed by atoms with Crippen LogP contribution < -0.4 is 16.0 Å². The highest BCUT2D eigenvalue weighted by Crippen LogP contribution is 2.41. The van der Waals surface area contributed by atoms with Crippen LogP contribution in [-0.2, 0) is 11.6 Å². The second-order valence-electron chi connectivity index (χ2n) is 12.4. The first kappa shape index (κ1) is 32.0. The number of benzene rings is 2. The summed E-state index contributed by atoms with van der Waals surface area (Å²) in [5.74, 6) is -3.32. The summed E-state index contributed by atoms with van der Waals surface area (Å²) in [6, 6.07) is 15.6. The minimum absolute atomic E-state index is 0.250. The summed E-state index contributed by atoms with van der Waals surface area (Å²) in [5, 5.41) is 13.7. The van der Waals surface area contributed by atoms with Gasteiger partial charge in [0.15, 0.2) is 17.4 Å². The van der Waals surface area contributed by atoms with Gasteiger partial charge in [-0.25, -0.2) is 14.5 Å². The predicted molar refractivity (Wildman–Crippen MR) is 165 cm³/mol. The number of oxazole rings is 1. The van der Waals surface area contributed by atoms with E-state index >= 15 is 0 Å². The van der Waals surface area contributed by atoms with Crippen LogP contribution in [0.2, 0.25) is 0 Å². The maximum Gasteiger partial charge on any atom is 0.452 e. The van der Waals surface area contributed by atoms with Crippen LogP contribution in [0, 0.1) is 19.8 Å². The normalized spacial score (nSPS) is 15.1. The molecule has 1 fully saturated rings. The summed E-state index contributed by atoms with van der Waals surface area (Å²) in [5.41, 5.74) is 2.25. The molecule has 0 spiro atoms. The van der Waals surface area contributed by atoms with Crippen molar-refractivity contribution in [2.75, 3.05) is 23.7 Å². The molecular weight excluding hydrogens is 585 g/mol. The third kappa shape index (κ3) is 7.11. The molecule has 3 N–H and O–H groups in total. The Morgan fingerprint density at radius 2 is 1.67 bits per heavy atom. The van der Waals surface area contributed by atoms with Gasteiger partial charge in [0, 0.05) is 24.1 Å². The number of nitrogens with one attached hydrogen (secondary N) is 3. The van der Waals surface area contributed by atoms with Crippen LogP contribution in [0.3, 0.4) is 0 Å². The lowest BCUT2D eigenvalue weighted by atomic mass is 9.76. The number of halogens is 3. The lowest BCUT2D eigenvalue weighted by Gasteiger charge is -2.31. The van der Waals surface area contributed by atoms with Crippen LogP contribution in [0.4, 0.5) is 29.5 Å². The van der Waals surface area contributed by atoms with E-state index in [1.165, 1.54) is 6.92 Å². The van der Waals surface area contributed by atoms with Gasteiger partial charge < -0.3 is 15.1 Å². The highest BCUT2D eigenvalue weighted by Gasteiger charge is 2.44. The maximum atomic E-state index is 14.0. The molecule has 1 atom stereocenters. The number of nitrogens with zero attached hydrogens (tertiary/aromatic N) is 3. The number of ketones is 1. The van der Waals surface area contributed by atoms with Gasteiger partial charge in [0.05, 0.1) is 17.3 Å². The molecule has 12 heteroatoms. The lowest BCUT2D eigenvalue weighted by molar-refractivity contribution is -0.153. The average Bonchev–Trinajstić information content (AvgIpc) is 3.59. The van der Waals surface area contributed by atoms with Crippen LogP contribution in [0.25, 0.3) is 5.69 Å². The SMILES string of the molecule is Cc1ccc(-n2nc(C(C)(C)C)cc2NC(=O)Nc2ccccc2C(C(=O)c2nc(C)oc2C(F)(F)F)C2CCNCC2)cc1. The van der Waals surface area contributed by atoms with Crippen LogP contribution in [0.15, 0.2) is 59.0 Å². The largest absolute Gasteiger partial charge is 0.452 e. The number of Topliss-reactive ketones (excluding diaryl/α,β-unsaturated/α-hetero) is 1. The Hall–Kier alpha value is -4.45. The van der Waals surface area contributed by atoms with E-state index in [0.717, 1.165) is 16.9 Å². The van der Waals surface area contributed by atoms with Crippen LogP contribution >= 0.6 is 0 Å². The summed E-state index contributed by atoms with van der Waals surface area (Å²) >= 11 is 0. The summed E-state index contributed by atoms with van der Waals surface area (Å²) in [6.07, 6.45) is -3.78. The molecule has 0 bridgehead atoms. The minimum Gasteiger partial charge on any atom is -0.436 e. The van der Waals surface area contributed by atoms with Crippen molar-refractivity contribution in [1.82, 2.24) is 20.1 Å². The van der Waals surface area contributed by atoms with E-state index in [1.807, 2.05) is 52.0 Å². The molecule has 1 aliphatic heterocycles. The summed E-state index contributed by atoms with van der Waals surface area (Å²) in [4.78, 5) is 31.4. The molecule has 45 heavy (non-hydrogen) atoms. The fraction of sp³-hybridized carbons (Fsp3) is 0.394. The second kappa shape index (κ2) is 12.5. The number of piperidine rings is 1. The zero-order valence-electron chi connectivity index (χ0n) is 25.9. The number of anilines is 2. The number of carbonyl (C=O) groups excluding carboxylic acids is 2. The number of hydrogen-bond donors (Lipinski definition) is 3. The molecule has 0 radical (unpaired) electrons. The first-order valence-electron chi connectivity index (χ1n) is 14.9. The summed E-state index contributed by atoms with van der Waals surface area (Å²) < 4.78 is 48.1. The Labute approximate surface area is 259 Å². The van der Waals surface area contributed by atoms with Gasteiger partial charge in [-0.1, -0.05) is 56.7 Å². The standard InChI is InChI=1S/C33H37F3N6O3/c1-19-10-12-22(13-11-19)42-26(18-25(41-42)32(3,4)5)40-31(44)39-24-9-7-6-8-23(24)27(21-14-16-37-17-15-21)29(43)28-30(33(34,35)36)45-20(2)38-28/h6-13,18,21,27,37H,14-17H2,1-5H3,(H2,39,40,44). The van der Waals surface area contributed by atoms with Crippen LogP contribution in [-0.4, -0.2) is 39.7 Å². The van der Waals surface area contributed by atoms with Gasteiger partial charge in [-0.2, -0.15) is 18.3 Å². The van der Waals surface area contributed by atoms with Gasteiger partial charge >= 0.3 is 12.2 Å². The smallest absolute Gasteiger partial charge is 0.436 e. The molecule has 4 aromatic rings. The Bertz CT molecular complexity index is 1680. The second-order valence-corrected chi connectivity index (χ2v) is 12.4. The molecule has 238 valence electrons. The molecule has 2 aromatic carbocycles. The molecule has 0 saturated carbocycles. The third-order valence-electron chi connectivity index (χ3n) is 7.90. The zero-order chi connectivity index (χ0) is 32.5. The van der Waals surface area contributed by atoms with Crippen molar-refractivity contribution in [3.63, 3.8) is 0 Å². The lowest BCUT2D eigenvalue weighted by Crippen LogP contribution is -2.35. The van der Waals surface area contributed by atoms with E-state index in [4.69, 9.17) is 9.52 Å². The fourth-order valence-corrected chi connectivity index (χ4v) is 5.59. The average molecular weight is 623 g/mol. The fourth-order valence-electron chi connectivity index (χ4n) is 5.59. The van der Waals surface area contributed by atoms with Gasteiger partial charge in [-0.15, -0.1) is 0 Å². The Balaban J connectivity index is 1.49. The molecule has 5 rings (SSSR count). The number of para-hydroxylation sites is 1. The van der Waals surface area contributed by atoms with E-state index < -0.39 is 35.4 Å². The molecule has 9 nitrogen and oxygen atoms in total. The number of rotatable bonds is 7. The van der Waals surface area contributed by atoms with E-state index in [0.29, 0.717) is 43.0 Å². The number of amides is 2. The van der Waals surface area contributed by atoms with Crippen molar-refractivity contribution in [3.05, 3.63) is 88.8 Å². The topological polar surface area (TPSA) is 114 Å². The summed E-state index contributed by atoms with van der Waals surface area (Å²) in [6.45, 7) is 10.5. The highest BCUT2D eigenvalue weighted by molar-refractivity contribution is 6.04. The maximum absolute atomic E-state index is 14.0. The molecule has 1 aliphatic rings. The minimum atomic E-state index is -4.89. The van der Waals surface area contributed by atoms with Gasteiger partial charge in [0.1, 0.15) is 5.82 Å². The quantitative estimate of drug-likeness (QED) is 0.185. The molecule has 2 amide bonds. The number of aryl methyl sites for hydroxylation is 2. The van der Waals surface area contributed by atoms with Gasteiger partial charge in [0.2, 0.25) is 5.76 Å². The number of hydrogen-bond acceptors (Lipinski definition) is 6. The van der Waals surface area contributed by atoms with Crippen molar-refractivity contribution >= 4 is 23.3 Å². The summed E-state index contributed by atoms with van der Waals surface area (Å²) in [7, 11) is 0. The zero-order valence-corrected chi connectivity index (χ0v) is 25.9. The number of alkyl halides is 3. The highest BCUT2D eigenvalue weighted by atomic mass is 19.4. The monoisotopic (exact) mass is 622 g/mol. The van der Waals surface area contributed by atoms with Crippen molar-refractivity contribution in [1.29, 1.82) is 0 Å². The number of urea groups is 1. The Morgan fingerprint density at radius 1 is 1.00 bits per heavy atom. The first-order chi connectivity index (χ1) is 21.2. The Morgan fingerprint density at radius 3 is 2.31 bits per heavy atom. The van der Waals surface area contributed by atoms with E-state index in [2.05, 4.69) is 20.9 Å². The molecule has 1 saturated heterocycles. The third-order valence-corrected chi connectivity index (χ3v) is 7.90. The van der Waals surface area contributed by atoms with Crippen molar-refractivity contribution in [2.45, 2.75) is 65.0 Å². The van der Waals surface area contributed by atoms with Crippen LogP contribution in [0.1, 0.15) is 78.5 Å². The van der Waals surface area contributed by atoms with E-state index in [1.54, 1.807) is 35.0 Å². The van der Waals surface area contributed by atoms with E-state index in [9.17, 15) is 22.8 Å². The van der Waals surface area contributed by atoms with Gasteiger partial charge in [-0.05, 0) is 62.5 Å². The van der Waals surface area contributed by atoms with Crippen molar-refractivity contribution < 1.29 is 27.2 Å². The predicted octanol–water partition coefficient (Wildman–Crippen LogP) is 7.40. The molecule has 2 aromatic heterocycles. The molecule has 0 aliphatic carbocycles. The van der Waals surface area contributed by atoms with E-state index in [-0.39, 0.29) is 17.2 Å².